The van der Waals surface area contributed by atoms with Crippen LogP contribution in [0.5, 0.6) is 11.5 Å². The summed E-state index contributed by atoms with van der Waals surface area (Å²) in [5.41, 5.74) is -0.417. The highest BCUT2D eigenvalue weighted by atomic mass is 16.5. The molecule has 0 fully saturated rings. The van der Waals surface area contributed by atoms with Crippen LogP contribution in [0.15, 0.2) is 30.6 Å². The topological polar surface area (TPSA) is 103 Å². The summed E-state index contributed by atoms with van der Waals surface area (Å²) >= 11 is 0. The quantitative estimate of drug-likeness (QED) is 0.603. The predicted octanol–water partition coefficient (Wildman–Crippen LogP) is 3.53. The summed E-state index contributed by atoms with van der Waals surface area (Å²) in [6, 6.07) is 5.00. The van der Waals surface area contributed by atoms with Crippen LogP contribution in [0.4, 0.5) is 5.69 Å². The van der Waals surface area contributed by atoms with E-state index in [0.717, 1.165) is 12.8 Å². The van der Waals surface area contributed by atoms with E-state index in [9.17, 15) is 14.7 Å². The molecule has 0 aliphatic heterocycles. The van der Waals surface area contributed by atoms with E-state index in [1.54, 1.807) is 18.2 Å². The zero-order valence-corrected chi connectivity index (χ0v) is 16.7. The lowest BCUT2D eigenvalue weighted by Gasteiger charge is -2.19. The van der Waals surface area contributed by atoms with Crippen LogP contribution in [0.2, 0.25) is 0 Å². The van der Waals surface area contributed by atoms with Gasteiger partial charge >= 0.3 is 5.97 Å². The van der Waals surface area contributed by atoms with E-state index in [4.69, 9.17) is 9.47 Å². The average Bonchev–Trinajstić information content (AvgIpc) is 3.12. The Hall–Kier alpha value is -3.03. The standard InChI is InChI=1S/C20H27N3O5/c1-5-7-10-28-16-9-8-14(11-17(16)27-6-2)18(24)22-15-12-21-23(13-15)20(3,4)19(25)26/h8-9,11-13H,5-7,10H2,1-4H3,(H,22,24)(H,25,26). The van der Waals surface area contributed by atoms with Crippen molar-refractivity contribution in [2.75, 3.05) is 18.5 Å². The highest BCUT2D eigenvalue weighted by Crippen LogP contribution is 2.29. The third-order valence-corrected chi connectivity index (χ3v) is 4.20. The molecule has 0 aliphatic carbocycles. The van der Waals surface area contributed by atoms with Crippen LogP contribution in [0.3, 0.4) is 0 Å². The molecule has 0 bridgehead atoms. The van der Waals surface area contributed by atoms with Crippen molar-refractivity contribution in [3.8, 4) is 11.5 Å². The molecule has 0 aliphatic rings. The van der Waals surface area contributed by atoms with Gasteiger partial charge in [0.05, 0.1) is 25.1 Å². The van der Waals surface area contributed by atoms with Crippen molar-refractivity contribution in [2.24, 2.45) is 0 Å². The van der Waals surface area contributed by atoms with Gasteiger partial charge in [0.2, 0.25) is 0 Å². The Morgan fingerprint density at radius 1 is 1.21 bits per heavy atom. The van der Waals surface area contributed by atoms with E-state index in [2.05, 4.69) is 17.3 Å². The van der Waals surface area contributed by atoms with Gasteiger partial charge in [-0.05, 0) is 45.4 Å². The number of nitrogens with zero attached hydrogens (tertiary/aromatic N) is 2. The number of benzene rings is 1. The molecule has 2 aromatic rings. The Morgan fingerprint density at radius 2 is 1.96 bits per heavy atom. The van der Waals surface area contributed by atoms with Gasteiger partial charge in [-0.2, -0.15) is 5.10 Å². The van der Waals surface area contributed by atoms with Gasteiger partial charge in [-0.3, -0.25) is 9.48 Å². The van der Waals surface area contributed by atoms with E-state index in [-0.39, 0.29) is 5.91 Å². The lowest BCUT2D eigenvalue weighted by atomic mass is 10.1. The van der Waals surface area contributed by atoms with Gasteiger partial charge < -0.3 is 19.9 Å². The number of carboxylic acid groups (broad SMARTS) is 1. The van der Waals surface area contributed by atoms with E-state index in [1.807, 2.05) is 6.92 Å². The summed E-state index contributed by atoms with van der Waals surface area (Å²) < 4.78 is 12.6. The second kappa shape index (κ2) is 9.25. The Morgan fingerprint density at radius 3 is 2.61 bits per heavy atom. The molecule has 0 saturated heterocycles. The predicted molar refractivity (Wildman–Crippen MR) is 105 cm³/mol. The zero-order valence-electron chi connectivity index (χ0n) is 16.7. The maximum absolute atomic E-state index is 12.6. The molecule has 28 heavy (non-hydrogen) atoms. The van der Waals surface area contributed by atoms with Gasteiger partial charge in [-0.15, -0.1) is 0 Å². The number of carbonyl (C=O) groups excluding carboxylic acids is 1. The smallest absolute Gasteiger partial charge is 0.331 e. The Bertz CT molecular complexity index is 829. The largest absolute Gasteiger partial charge is 0.490 e. The number of rotatable bonds is 10. The molecule has 0 spiro atoms. The van der Waals surface area contributed by atoms with Crippen LogP contribution in [0.1, 0.15) is 50.9 Å². The molecule has 0 saturated carbocycles. The highest BCUT2D eigenvalue weighted by Gasteiger charge is 2.30. The van der Waals surface area contributed by atoms with Gasteiger partial charge in [0.25, 0.3) is 5.91 Å². The maximum atomic E-state index is 12.6. The fourth-order valence-electron chi connectivity index (χ4n) is 2.36. The molecule has 1 aromatic carbocycles. The minimum absolute atomic E-state index is 0.353. The molecule has 152 valence electrons. The van der Waals surface area contributed by atoms with Crippen LogP contribution < -0.4 is 14.8 Å². The minimum Gasteiger partial charge on any atom is -0.490 e. The lowest BCUT2D eigenvalue weighted by Crippen LogP contribution is -2.35. The molecule has 8 heteroatoms. The summed E-state index contributed by atoms with van der Waals surface area (Å²) in [5.74, 6) is -0.265. The van der Waals surface area contributed by atoms with Crippen LogP contribution in [-0.2, 0) is 10.3 Å². The number of nitrogens with one attached hydrogen (secondary N) is 1. The average molecular weight is 389 g/mol. The molecule has 8 nitrogen and oxygen atoms in total. The van der Waals surface area contributed by atoms with E-state index in [1.165, 1.54) is 30.9 Å². The molecule has 1 heterocycles. The second-order valence-corrected chi connectivity index (χ2v) is 6.79. The molecule has 1 amide bonds. The number of carboxylic acids is 1. The summed E-state index contributed by atoms with van der Waals surface area (Å²) in [7, 11) is 0. The second-order valence-electron chi connectivity index (χ2n) is 6.79. The molecule has 0 radical (unpaired) electrons. The molecule has 0 atom stereocenters. The van der Waals surface area contributed by atoms with Gasteiger partial charge in [0.1, 0.15) is 0 Å². The number of ether oxygens (including phenoxy) is 2. The van der Waals surface area contributed by atoms with Crippen molar-refractivity contribution in [1.29, 1.82) is 0 Å². The molecule has 2 rings (SSSR count). The van der Waals surface area contributed by atoms with E-state index in [0.29, 0.717) is 36.0 Å². The first kappa shape index (κ1) is 21.3. The van der Waals surface area contributed by atoms with Crippen molar-refractivity contribution in [2.45, 2.75) is 46.1 Å². The SMILES string of the molecule is CCCCOc1ccc(C(=O)Nc2cnn(C(C)(C)C(=O)O)c2)cc1OCC. The van der Waals surface area contributed by atoms with Gasteiger partial charge in [-0.1, -0.05) is 13.3 Å². The summed E-state index contributed by atoms with van der Waals surface area (Å²) in [4.78, 5) is 23.9. The number of aromatic nitrogens is 2. The molecule has 1 aromatic heterocycles. The van der Waals surface area contributed by atoms with Crippen LogP contribution in [-0.4, -0.2) is 40.0 Å². The third kappa shape index (κ3) is 5.03. The summed E-state index contributed by atoms with van der Waals surface area (Å²) in [5, 5.41) is 16.0. The number of hydrogen-bond acceptors (Lipinski definition) is 5. The van der Waals surface area contributed by atoms with Crippen LogP contribution in [0, 0.1) is 0 Å². The van der Waals surface area contributed by atoms with Crippen molar-refractivity contribution >= 4 is 17.6 Å². The Kier molecular flexibility index (Phi) is 7.03. The van der Waals surface area contributed by atoms with Crippen molar-refractivity contribution < 1.29 is 24.2 Å². The zero-order chi connectivity index (χ0) is 20.7. The number of carbonyl (C=O) groups is 2. The molecular formula is C20H27N3O5. The normalized spacial score (nSPS) is 11.1. The number of aliphatic carboxylic acids is 1. The first-order valence-electron chi connectivity index (χ1n) is 9.29. The highest BCUT2D eigenvalue weighted by molar-refractivity contribution is 6.04. The summed E-state index contributed by atoms with van der Waals surface area (Å²) in [6.07, 6.45) is 4.85. The van der Waals surface area contributed by atoms with Crippen molar-refractivity contribution in [1.82, 2.24) is 9.78 Å². The van der Waals surface area contributed by atoms with E-state index >= 15 is 0 Å². The molecular weight excluding hydrogens is 362 g/mol. The number of hydrogen-bond donors (Lipinski definition) is 2. The number of unbranched alkanes of at least 4 members (excludes halogenated alkanes) is 1. The first-order valence-corrected chi connectivity index (χ1v) is 9.29. The molecule has 2 N–H and O–H groups in total. The fraction of sp³-hybridized carbons (Fsp3) is 0.450. The monoisotopic (exact) mass is 389 g/mol. The first-order chi connectivity index (χ1) is 13.3. The fourth-order valence-corrected chi connectivity index (χ4v) is 2.36. The van der Waals surface area contributed by atoms with Gasteiger partial charge in [0.15, 0.2) is 17.0 Å². The summed E-state index contributed by atoms with van der Waals surface area (Å²) in [6.45, 7) is 8.03. The van der Waals surface area contributed by atoms with Crippen LogP contribution in [0.25, 0.3) is 0 Å². The lowest BCUT2D eigenvalue weighted by molar-refractivity contribution is -0.146. The number of anilines is 1. The van der Waals surface area contributed by atoms with Crippen molar-refractivity contribution in [3.63, 3.8) is 0 Å². The van der Waals surface area contributed by atoms with Crippen molar-refractivity contribution in [3.05, 3.63) is 36.2 Å². The maximum Gasteiger partial charge on any atom is 0.331 e. The number of amides is 1. The third-order valence-electron chi connectivity index (χ3n) is 4.20. The Labute approximate surface area is 164 Å². The Balaban J connectivity index is 2.14. The minimum atomic E-state index is -1.22. The van der Waals surface area contributed by atoms with Gasteiger partial charge in [0, 0.05) is 11.8 Å². The van der Waals surface area contributed by atoms with E-state index < -0.39 is 11.5 Å². The van der Waals surface area contributed by atoms with Gasteiger partial charge in [-0.25, -0.2) is 4.79 Å². The van der Waals surface area contributed by atoms with Crippen LogP contribution >= 0.6 is 0 Å². The molecule has 0 unspecified atom stereocenters.